The van der Waals surface area contributed by atoms with Crippen molar-refractivity contribution in [2.24, 2.45) is 0 Å². The van der Waals surface area contributed by atoms with Crippen molar-refractivity contribution < 1.29 is 23.8 Å². The minimum Gasteiger partial charge on any atom is -0.497 e. The highest BCUT2D eigenvalue weighted by Crippen LogP contribution is 2.29. The number of benzene rings is 2. The molecule has 7 heteroatoms. The predicted octanol–water partition coefficient (Wildman–Crippen LogP) is 2.85. The quantitative estimate of drug-likeness (QED) is 0.811. The zero-order chi connectivity index (χ0) is 19.2. The molecule has 0 spiro atoms. The molecule has 0 atom stereocenters. The second-order valence-electron chi connectivity index (χ2n) is 6.05. The molecule has 142 valence electrons. The van der Waals surface area contributed by atoms with Gasteiger partial charge in [0.25, 0.3) is 5.91 Å². The molecule has 7 nitrogen and oxygen atoms in total. The predicted molar refractivity (Wildman–Crippen MR) is 102 cm³/mol. The van der Waals surface area contributed by atoms with Crippen LogP contribution in [-0.2, 0) is 9.59 Å². The fourth-order valence-electron chi connectivity index (χ4n) is 2.91. The van der Waals surface area contributed by atoms with Crippen LogP contribution in [0.1, 0.15) is 12.8 Å². The highest BCUT2D eigenvalue weighted by atomic mass is 16.5. The van der Waals surface area contributed by atoms with Gasteiger partial charge in [-0.05, 0) is 30.7 Å². The van der Waals surface area contributed by atoms with Crippen LogP contribution in [0.25, 0.3) is 0 Å². The van der Waals surface area contributed by atoms with Gasteiger partial charge in [0.05, 0.1) is 19.9 Å². The molecule has 1 aliphatic rings. The first-order chi connectivity index (χ1) is 13.1. The molecule has 3 rings (SSSR count). The molecule has 2 aromatic rings. The second kappa shape index (κ2) is 8.44. The van der Waals surface area contributed by atoms with Crippen molar-refractivity contribution in [3.05, 3.63) is 42.5 Å². The molecular weight excluding hydrogens is 348 g/mol. The van der Waals surface area contributed by atoms with Crippen LogP contribution >= 0.6 is 0 Å². The van der Waals surface area contributed by atoms with Crippen molar-refractivity contribution in [2.75, 3.05) is 37.6 Å². The van der Waals surface area contributed by atoms with Gasteiger partial charge in [-0.2, -0.15) is 0 Å². The third-order valence-electron chi connectivity index (χ3n) is 4.25. The molecule has 0 bridgehead atoms. The summed E-state index contributed by atoms with van der Waals surface area (Å²) in [4.78, 5) is 25.8. The van der Waals surface area contributed by atoms with E-state index in [0.717, 1.165) is 12.1 Å². The molecule has 0 radical (unpaired) electrons. The molecule has 1 heterocycles. The van der Waals surface area contributed by atoms with Gasteiger partial charge in [0.15, 0.2) is 6.61 Å². The molecule has 0 saturated carbocycles. The summed E-state index contributed by atoms with van der Waals surface area (Å²) >= 11 is 0. The van der Waals surface area contributed by atoms with Crippen molar-refractivity contribution in [3.63, 3.8) is 0 Å². The monoisotopic (exact) mass is 370 g/mol. The molecule has 1 aliphatic heterocycles. The van der Waals surface area contributed by atoms with Crippen molar-refractivity contribution in [2.45, 2.75) is 12.8 Å². The Hall–Kier alpha value is -3.22. The van der Waals surface area contributed by atoms with E-state index in [0.29, 0.717) is 35.9 Å². The maximum atomic E-state index is 12.2. The number of anilines is 2. The number of carbonyl (C=O) groups is 2. The van der Waals surface area contributed by atoms with Gasteiger partial charge in [0, 0.05) is 30.8 Å². The van der Waals surface area contributed by atoms with Crippen LogP contribution in [0.3, 0.4) is 0 Å². The van der Waals surface area contributed by atoms with Crippen LogP contribution in [0.15, 0.2) is 42.5 Å². The summed E-state index contributed by atoms with van der Waals surface area (Å²) in [5.74, 6) is 1.44. The summed E-state index contributed by atoms with van der Waals surface area (Å²) in [6.45, 7) is 0.538. The SMILES string of the molecule is COc1ccc(OC)c(NC(=O)COc2cccc(N3CCCC3=O)c2)c1. The molecule has 2 aromatic carbocycles. The third-order valence-corrected chi connectivity index (χ3v) is 4.25. The van der Waals surface area contributed by atoms with Gasteiger partial charge >= 0.3 is 0 Å². The van der Waals surface area contributed by atoms with E-state index in [1.165, 1.54) is 7.11 Å². The lowest BCUT2D eigenvalue weighted by Gasteiger charge is -2.17. The Morgan fingerprint density at radius 1 is 1.11 bits per heavy atom. The van der Waals surface area contributed by atoms with E-state index in [1.54, 1.807) is 48.4 Å². The number of hydrogen-bond acceptors (Lipinski definition) is 5. The zero-order valence-corrected chi connectivity index (χ0v) is 15.4. The highest BCUT2D eigenvalue weighted by molar-refractivity contribution is 5.95. The third kappa shape index (κ3) is 4.49. The van der Waals surface area contributed by atoms with Gasteiger partial charge in [-0.1, -0.05) is 6.07 Å². The minimum absolute atomic E-state index is 0.106. The summed E-state index contributed by atoms with van der Waals surface area (Å²) in [7, 11) is 3.08. The molecule has 0 unspecified atom stereocenters. The normalized spacial score (nSPS) is 13.4. The van der Waals surface area contributed by atoms with E-state index >= 15 is 0 Å². The number of amides is 2. The number of rotatable bonds is 7. The smallest absolute Gasteiger partial charge is 0.262 e. The fourth-order valence-corrected chi connectivity index (χ4v) is 2.91. The maximum Gasteiger partial charge on any atom is 0.262 e. The Morgan fingerprint density at radius 3 is 2.67 bits per heavy atom. The van der Waals surface area contributed by atoms with Crippen molar-refractivity contribution in [1.29, 1.82) is 0 Å². The van der Waals surface area contributed by atoms with E-state index in [4.69, 9.17) is 14.2 Å². The van der Waals surface area contributed by atoms with E-state index in [-0.39, 0.29) is 18.4 Å². The lowest BCUT2D eigenvalue weighted by molar-refractivity contribution is -0.118. The Bertz CT molecular complexity index is 837. The molecular formula is C20H22N2O5. The van der Waals surface area contributed by atoms with Gasteiger partial charge in [0.2, 0.25) is 5.91 Å². The summed E-state index contributed by atoms with van der Waals surface area (Å²) in [5.41, 5.74) is 1.28. The van der Waals surface area contributed by atoms with Crippen molar-refractivity contribution in [1.82, 2.24) is 0 Å². The van der Waals surface area contributed by atoms with Crippen molar-refractivity contribution in [3.8, 4) is 17.2 Å². The van der Waals surface area contributed by atoms with E-state index < -0.39 is 0 Å². The number of carbonyl (C=O) groups excluding carboxylic acids is 2. The van der Waals surface area contributed by atoms with Gasteiger partial charge in [0.1, 0.15) is 17.2 Å². The summed E-state index contributed by atoms with van der Waals surface area (Å²) in [6, 6.07) is 12.3. The Balaban J connectivity index is 1.62. The van der Waals surface area contributed by atoms with Gasteiger partial charge in [-0.15, -0.1) is 0 Å². The Labute approximate surface area is 157 Å². The Kier molecular flexibility index (Phi) is 5.80. The molecule has 0 aliphatic carbocycles. The first kappa shape index (κ1) is 18.6. The van der Waals surface area contributed by atoms with Crippen LogP contribution in [0.4, 0.5) is 11.4 Å². The average Bonchev–Trinajstić information content (AvgIpc) is 3.12. The summed E-state index contributed by atoms with van der Waals surface area (Å²) < 4.78 is 16.0. The fraction of sp³-hybridized carbons (Fsp3) is 0.300. The number of methoxy groups -OCH3 is 2. The van der Waals surface area contributed by atoms with E-state index in [1.807, 2.05) is 6.07 Å². The van der Waals surface area contributed by atoms with E-state index in [9.17, 15) is 9.59 Å². The standard InChI is InChI=1S/C20H22N2O5/c1-25-15-8-9-18(26-2)17(12-15)21-19(23)13-27-16-6-3-5-14(11-16)22-10-4-7-20(22)24/h3,5-6,8-9,11-12H,4,7,10,13H2,1-2H3,(H,21,23). The summed E-state index contributed by atoms with van der Waals surface area (Å²) in [5, 5.41) is 2.75. The molecule has 1 fully saturated rings. The molecule has 1 saturated heterocycles. The van der Waals surface area contributed by atoms with Crippen LogP contribution in [0, 0.1) is 0 Å². The number of ether oxygens (including phenoxy) is 3. The number of hydrogen-bond donors (Lipinski definition) is 1. The van der Waals surface area contributed by atoms with Crippen LogP contribution < -0.4 is 24.4 Å². The lowest BCUT2D eigenvalue weighted by atomic mass is 10.2. The largest absolute Gasteiger partial charge is 0.497 e. The second-order valence-corrected chi connectivity index (χ2v) is 6.05. The Morgan fingerprint density at radius 2 is 1.96 bits per heavy atom. The zero-order valence-electron chi connectivity index (χ0n) is 15.4. The lowest BCUT2D eigenvalue weighted by Crippen LogP contribution is -2.24. The summed E-state index contributed by atoms with van der Waals surface area (Å²) in [6.07, 6.45) is 1.42. The van der Waals surface area contributed by atoms with Gasteiger partial charge < -0.3 is 24.4 Å². The first-order valence-electron chi connectivity index (χ1n) is 8.66. The van der Waals surface area contributed by atoms with Gasteiger partial charge in [-0.3, -0.25) is 9.59 Å². The van der Waals surface area contributed by atoms with Crippen molar-refractivity contribution >= 4 is 23.2 Å². The van der Waals surface area contributed by atoms with E-state index in [2.05, 4.69) is 5.32 Å². The minimum atomic E-state index is -0.329. The van der Waals surface area contributed by atoms with Crippen LogP contribution in [0.2, 0.25) is 0 Å². The topological polar surface area (TPSA) is 77.1 Å². The average molecular weight is 370 g/mol. The molecule has 0 aromatic heterocycles. The molecule has 27 heavy (non-hydrogen) atoms. The molecule has 1 N–H and O–H groups in total. The first-order valence-corrected chi connectivity index (χ1v) is 8.66. The highest BCUT2D eigenvalue weighted by Gasteiger charge is 2.21. The van der Waals surface area contributed by atoms with Gasteiger partial charge in [-0.25, -0.2) is 0 Å². The maximum absolute atomic E-state index is 12.2. The molecule has 2 amide bonds. The number of nitrogens with one attached hydrogen (secondary N) is 1. The number of nitrogens with zero attached hydrogens (tertiary/aromatic N) is 1. The van der Waals surface area contributed by atoms with Crippen LogP contribution in [-0.4, -0.2) is 39.2 Å². The van der Waals surface area contributed by atoms with Crippen LogP contribution in [0.5, 0.6) is 17.2 Å².